The molecule has 0 radical (unpaired) electrons. The van der Waals surface area contributed by atoms with Crippen molar-refractivity contribution < 1.29 is 14.4 Å². The average molecular weight is 468 g/mol. The zero-order valence-electron chi connectivity index (χ0n) is 20.9. The standard InChI is InChI=1S/C26H37N5O3/c1-27-18-21-12-9-13-22(16-21)26(34)30(4)19-24(32)31(5)23(17-20-10-7-6-8-11-20)25(33)28-14-15-29(2)3/h6-13,16,23,27H,14-15,17-19H2,1-5H3,(H,28,33). The van der Waals surface area contributed by atoms with E-state index in [1.54, 1.807) is 20.2 Å². The van der Waals surface area contributed by atoms with Gasteiger partial charge in [0.1, 0.15) is 6.04 Å². The highest BCUT2D eigenvalue weighted by molar-refractivity contribution is 5.97. The second-order valence-electron chi connectivity index (χ2n) is 8.70. The second-order valence-corrected chi connectivity index (χ2v) is 8.70. The summed E-state index contributed by atoms with van der Waals surface area (Å²) in [6, 6.07) is 16.3. The molecule has 0 saturated carbocycles. The first-order valence-electron chi connectivity index (χ1n) is 11.4. The van der Waals surface area contributed by atoms with Crippen molar-refractivity contribution in [2.24, 2.45) is 0 Å². The number of carbonyl (C=O) groups excluding carboxylic acids is 3. The quantitative estimate of drug-likeness (QED) is 0.491. The van der Waals surface area contributed by atoms with Crippen LogP contribution >= 0.6 is 0 Å². The van der Waals surface area contributed by atoms with Gasteiger partial charge in [-0.05, 0) is 44.4 Å². The molecule has 0 bridgehead atoms. The third-order valence-corrected chi connectivity index (χ3v) is 5.57. The lowest BCUT2D eigenvalue weighted by Crippen LogP contribution is -2.52. The van der Waals surface area contributed by atoms with E-state index in [0.29, 0.717) is 31.6 Å². The molecule has 0 saturated heterocycles. The molecular formula is C26H37N5O3. The van der Waals surface area contributed by atoms with Gasteiger partial charge in [0.15, 0.2) is 0 Å². The number of amides is 3. The normalized spacial score (nSPS) is 11.7. The van der Waals surface area contributed by atoms with Crippen LogP contribution in [0.4, 0.5) is 0 Å². The Morgan fingerprint density at radius 3 is 2.24 bits per heavy atom. The van der Waals surface area contributed by atoms with Gasteiger partial charge < -0.3 is 25.3 Å². The summed E-state index contributed by atoms with van der Waals surface area (Å²) in [6.07, 6.45) is 0.389. The van der Waals surface area contributed by atoms with Crippen LogP contribution in [0.2, 0.25) is 0 Å². The van der Waals surface area contributed by atoms with Crippen LogP contribution in [0.1, 0.15) is 21.5 Å². The molecule has 3 amide bonds. The van der Waals surface area contributed by atoms with Crippen LogP contribution in [-0.4, -0.2) is 93.3 Å². The Balaban J connectivity index is 2.10. The van der Waals surface area contributed by atoms with Crippen LogP contribution < -0.4 is 10.6 Å². The van der Waals surface area contributed by atoms with Crippen molar-refractivity contribution in [3.63, 3.8) is 0 Å². The largest absolute Gasteiger partial charge is 0.353 e. The number of carbonyl (C=O) groups is 3. The summed E-state index contributed by atoms with van der Waals surface area (Å²) in [6.45, 7) is 1.71. The molecule has 2 aromatic carbocycles. The van der Waals surface area contributed by atoms with Crippen LogP contribution in [0.15, 0.2) is 54.6 Å². The predicted octanol–water partition coefficient (Wildman–Crippen LogP) is 1.23. The van der Waals surface area contributed by atoms with E-state index >= 15 is 0 Å². The molecule has 2 aromatic rings. The third-order valence-electron chi connectivity index (χ3n) is 5.57. The van der Waals surface area contributed by atoms with Gasteiger partial charge in [-0.2, -0.15) is 0 Å². The second kappa shape index (κ2) is 13.5. The molecule has 8 nitrogen and oxygen atoms in total. The zero-order chi connectivity index (χ0) is 25.1. The van der Waals surface area contributed by atoms with Crippen molar-refractivity contribution in [3.8, 4) is 0 Å². The summed E-state index contributed by atoms with van der Waals surface area (Å²) in [5.41, 5.74) is 2.47. The third kappa shape index (κ3) is 8.28. The molecule has 0 spiro atoms. The highest BCUT2D eigenvalue weighted by atomic mass is 16.2. The van der Waals surface area contributed by atoms with Gasteiger partial charge in [-0.3, -0.25) is 14.4 Å². The Labute approximate surface area is 202 Å². The van der Waals surface area contributed by atoms with E-state index < -0.39 is 6.04 Å². The Bertz CT molecular complexity index is 948. The molecule has 2 N–H and O–H groups in total. The lowest BCUT2D eigenvalue weighted by atomic mass is 10.0. The Morgan fingerprint density at radius 2 is 1.59 bits per heavy atom. The maximum Gasteiger partial charge on any atom is 0.254 e. The number of nitrogens with zero attached hydrogens (tertiary/aromatic N) is 3. The van der Waals surface area contributed by atoms with E-state index in [1.807, 2.05) is 74.6 Å². The minimum Gasteiger partial charge on any atom is -0.353 e. The van der Waals surface area contributed by atoms with Crippen molar-refractivity contribution in [3.05, 3.63) is 71.3 Å². The highest BCUT2D eigenvalue weighted by Gasteiger charge is 2.28. The number of hydrogen-bond acceptors (Lipinski definition) is 5. The number of nitrogens with one attached hydrogen (secondary N) is 2. The maximum atomic E-state index is 13.1. The Morgan fingerprint density at radius 1 is 0.912 bits per heavy atom. The van der Waals surface area contributed by atoms with Crippen LogP contribution in [0.5, 0.6) is 0 Å². The van der Waals surface area contributed by atoms with Gasteiger partial charge in [0, 0.05) is 45.7 Å². The molecule has 0 aliphatic rings. The molecule has 8 heteroatoms. The van der Waals surface area contributed by atoms with Crippen molar-refractivity contribution in [1.29, 1.82) is 0 Å². The molecule has 0 aliphatic carbocycles. The van der Waals surface area contributed by atoms with Gasteiger partial charge in [0.25, 0.3) is 5.91 Å². The molecule has 0 fully saturated rings. The van der Waals surface area contributed by atoms with E-state index in [1.165, 1.54) is 9.80 Å². The van der Waals surface area contributed by atoms with E-state index in [9.17, 15) is 14.4 Å². The molecule has 2 rings (SSSR count). The van der Waals surface area contributed by atoms with Crippen molar-refractivity contribution in [2.45, 2.75) is 19.0 Å². The van der Waals surface area contributed by atoms with Gasteiger partial charge in [-0.15, -0.1) is 0 Å². The number of hydrogen-bond donors (Lipinski definition) is 2. The van der Waals surface area contributed by atoms with Crippen molar-refractivity contribution in [2.75, 3.05) is 54.9 Å². The van der Waals surface area contributed by atoms with E-state index in [-0.39, 0.29) is 24.3 Å². The van der Waals surface area contributed by atoms with Gasteiger partial charge in [-0.25, -0.2) is 0 Å². The highest BCUT2D eigenvalue weighted by Crippen LogP contribution is 2.11. The Kier molecular flexibility index (Phi) is 10.7. The van der Waals surface area contributed by atoms with Crippen LogP contribution in [-0.2, 0) is 22.6 Å². The van der Waals surface area contributed by atoms with Crippen LogP contribution in [0, 0.1) is 0 Å². The summed E-state index contributed by atoms with van der Waals surface area (Å²) in [4.78, 5) is 43.8. The monoisotopic (exact) mass is 467 g/mol. The predicted molar refractivity (Wildman–Crippen MR) is 134 cm³/mol. The number of benzene rings is 2. The van der Waals surface area contributed by atoms with Crippen molar-refractivity contribution >= 4 is 17.7 Å². The van der Waals surface area contributed by atoms with Gasteiger partial charge in [0.05, 0.1) is 6.54 Å². The average Bonchev–Trinajstić information content (AvgIpc) is 2.82. The first kappa shape index (κ1) is 27.0. The van der Waals surface area contributed by atoms with Crippen LogP contribution in [0.25, 0.3) is 0 Å². The lowest BCUT2D eigenvalue weighted by Gasteiger charge is -2.29. The topological polar surface area (TPSA) is 85.0 Å². The molecule has 0 aliphatic heterocycles. The fourth-order valence-corrected chi connectivity index (χ4v) is 3.56. The summed E-state index contributed by atoms with van der Waals surface area (Å²) in [5, 5.41) is 5.99. The summed E-state index contributed by atoms with van der Waals surface area (Å²) < 4.78 is 0. The number of likely N-dealkylation sites (N-methyl/N-ethyl adjacent to an activating group) is 3. The fraction of sp³-hybridized carbons (Fsp3) is 0.423. The first-order chi connectivity index (χ1) is 16.2. The molecule has 0 heterocycles. The van der Waals surface area contributed by atoms with Gasteiger partial charge >= 0.3 is 0 Å². The smallest absolute Gasteiger partial charge is 0.254 e. The van der Waals surface area contributed by atoms with Gasteiger partial charge in [-0.1, -0.05) is 42.5 Å². The van der Waals surface area contributed by atoms with E-state index in [0.717, 1.165) is 11.1 Å². The summed E-state index contributed by atoms with van der Waals surface area (Å²) in [7, 11) is 8.93. The summed E-state index contributed by atoms with van der Waals surface area (Å²) in [5.74, 6) is -0.754. The Hall–Kier alpha value is -3.23. The maximum absolute atomic E-state index is 13.1. The molecule has 1 atom stereocenters. The SMILES string of the molecule is CNCc1cccc(C(=O)N(C)CC(=O)N(C)C(Cc2ccccc2)C(=O)NCCN(C)C)c1. The van der Waals surface area contributed by atoms with Gasteiger partial charge in [0.2, 0.25) is 11.8 Å². The van der Waals surface area contributed by atoms with Crippen LogP contribution in [0.3, 0.4) is 0 Å². The summed E-state index contributed by atoms with van der Waals surface area (Å²) >= 11 is 0. The lowest BCUT2D eigenvalue weighted by molar-refractivity contribution is -0.139. The minimum absolute atomic E-state index is 0.123. The molecule has 1 unspecified atom stereocenters. The van der Waals surface area contributed by atoms with E-state index in [2.05, 4.69) is 10.6 Å². The number of rotatable bonds is 12. The molecular weight excluding hydrogens is 430 g/mol. The zero-order valence-corrected chi connectivity index (χ0v) is 20.9. The molecule has 184 valence electrons. The van der Waals surface area contributed by atoms with Crippen molar-refractivity contribution in [1.82, 2.24) is 25.3 Å². The molecule has 34 heavy (non-hydrogen) atoms. The van der Waals surface area contributed by atoms with E-state index in [4.69, 9.17) is 0 Å². The fourth-order valence-electron chi connectivity index (χ4n) is 3.56. The minimum atomic E-state index is -0.681. The first-order valence-corrected chi connectivity index (χ1v) is 11.4. The molecule has 0 aromatic heterocycles.